The summed E-state index contributed by atoms with van der Waals surface area (Å²) >= 11 is 5.43. The summed E-state index contributed by atoms with van der Waals surface area (Å²) in [6.07, 6.45) is 3.87. The summed E-state index contributed by atoms with van der Waals surface area (Å²) in [7, 11) is 0. The summed E-state index contributed by atoms with van der Waals surface area (Å²) < 4.78 is 5.16. The quantitative estimate of drug-likeness (QED) is 0.364. The molecule has 0 N–H and O–H groups in total. The topological polar surface area (TPSA) is 26.3 Å². The summed E-state index contributed by atoms with van der Waals surface area (Å²) in [5, 5.41) is 0. The lowest BCUT2D eigenvalue weighted by atomic mass is 10.1. The maximum Gasteiger partial charge on any atom is 0.326 e. The highest BCUT2D eigenvalue weighted by Crippen LogP contribution is 2.21. The molecule has 0 radical (unpaired) electrons. The van der Waals surface area contributed by atoms with Crippen LogP contribution < -0.4 is 4.74 Å². The zero-order valence-corrected chi connectivity index (χ0v) is 11.0. The van der Waals surface area contributed by atoms with Gasteiger partial charge in [0.05, 0.1) is 0 Å². The van der Waals surface area contributed by atoms with Gasteiger partial charge in [0.1, 0.15) is 11.6 Å². The van der Waals surface area contributed by atoms with Gasteiger partial charge in [-0.25, -0.2) is 0 Å². The second-order valence-corrected chi connectivity index (χ2v) is 4.16. The van der Waals surface area contributed by atoms with Gasteiger partial charge in [-0.05, 0) is 11.6 Å². The van der Waals surface area contributed by atoms with E-state index in [4.69, 9.17) is 16.3 Å². The average Bonchev–Trinajstić information content (AvgIpc) is 2.47. The van der Waals surface area contributed by atoms with Crippen molar-refractivity contribution in [2.75, 3.05) is 5.88 Å². The van der Waals surface area contributed by atoms with Gasteiger partial charge in [0.25, 0.3) is 0 Å². The molecular formula is C16H13ClO2. The van der Waals surface area contributed by atoms with Crippen LogP contribution in [0.3, 0.4) is 0 Å². The van der Waals surface area contributed by atoms with Crippen LogP contribution in [0.25, 0.3) is 12.2 Å². The smallest absolute Gasteiger partial charge is 0.326 e. The maximum absolute atomic E-state index is 11.2. The molecule has 0 spiro atoms. The highest BCUT2D eigenvalue weighted by Gasteiger charge is 2.05. The van der Waals surface area contributed by atoms with E-state index in [1.165, 1.54) is 0 Å². The normalized spacial score (nSPS) is 10.6. The number of rotatable bonds is 4. The molecule has 0 aliphatic carbocycles. The third-order valence-corrected chi connectivity index (χ3v) is 2.73. The van der Waals surface area contributed by atoms with Gasteiger partial charge in [0.15, 0.2) is 0 Å². The summed E-state index contributed by atoms with van der Waals surface area (Å²) in [6, 6.07) is 17.3. The van der Waals surface area contributed by atoms with E-state index in [2.05, 4.69) is 0 Å². The van der Waals surface area contributed by atoms with Crippen LogP contribution >= 0.6 is 11.6 Å². The van der Waals surface area contributed by atoms with E-state index >= 15 is 0 Å². The van der Waals surface area contributed by atoms with Crippen LogP contribution in [0.4, 0.5) is 0 Å². The van der Waals surface area contributed by atoms with Crippen molar-refractivity contribution >= 4 is 29.7 Å². The van der Waals surface area contributed by atoms with Gasteiger partial charge in [-0.3, -0.25) is 4.79 Å². The molecule has 0 unspecified atom stereocenters. The first-order chi connectivity index (χ1) is 9.29. The number of para-hydroxylation sites is 1. The second-order valence-electron chi connectivity index (χ2n) is 3.89. The third kappa shape index (κ3) is 3.97. The van der Waals surface area contributed by atoms with Crippen LogP contribution in [-0.2, 0) is 4.79 Å². The van der Waals surface area contributed by atoms with Crippen LogP contribution in [0.5, 0.6) is 5.75 Å². The number of ether oxygens (including phenoxy) is 1. The fraction of sp³-hybridized carbons (Fsp3) is 0.0625. The Bertz CT molecular complexity index is 576. The van der Waals surface area contributed by atoms with Crippen molar-refractivity contribution in [1.29, 1.82) is 0 Å². The first-order valence-corrected chi connectivity index (χ1v) is 6.42. The predicted octanol–water partition coefficient (Wildman–Crippen LogP) is 4.00. The summed E-state index contributed by atoms with van der Waals surface area (Å²) in [4.78, 5) is 11.2. The molecule has 2 rings (SSSR count). The lowest BCUT2D eigenvalue weighted by Crippen LogP contribution is -2.09. The third-order valence-electron chi connectivity index (χ3n) is 2.51. The Morgan fingerprint density at radius 2 is 1.68 bits per heavy atom. The molecule has 0 fully saturated rings. The molecular weight excluding hydrogens is 260 g/mol. The minimum Gasteiger partial charge on any atom is -0.425 e. The standard InChI is InChI=1S/C16H13ClO2/c17-12-16(18)19-15-9-5-4-8-14(15)11-10-13-6-2-1-3-7-13/h1-11H,12H2. The number of esters is 1. The van der Waals surface area contributed by atoms with Crippen LogP contribution in [0.2, 0.25) is 0 Å². The summed E-state index contributed by atoms with van der Waals surface area (Å²) in [5.74, 6) is -0.0981. The van der Waals surface area contributed by atoms with Gasteiger partial charge in [-0.15, -0.1) is 11.6 Å². The predicted molar refractivity (Wildman–Crippen MR) is 78.2 cm³/mol. The van der Waals surface area contributed by atoms with Crippen molar-refractivity contribution in [2.24, 2.45) is 0 Å². The van der Waals surface area contributed by atoms with Gasteiger partial charge in [-0.2, -0.15) is 0 Å². The van der Waals surface area contributed by atoms with Gasteiger partial charge in [0, 0.05) is 5.56 Å². The van der Waals surface area contributed by atoms with Crippen LogP contribution in [0.1, 0.15) is 11.1 Å². The maximum atomic E-state index is 11.2. The molecule has 0 heterocycles. The van der Waals surface area contributed by atoms with E-state index in [1.807, 2.05) is 60.7 Å². The average molecular weight is 273 g/mol. The molecule has 0 aliphatic rings. The van der Waals surface area contributed by atoms with Gasteiger partial charge >= 0.3 is 5.97 Å². The molecule has 0 atom stereocenters. The van der Waals surface area contributed by atoms with Crippen molar-refractivity contribution in [3.63, 3.8) is 0 Å². The lowest BCUT2D eigenvalue weighted by Gasteiger charge is -2.05. The molecule has 0 amide bonds. The summed E-state index contributed by atoms with van der Waals surface area (Å²) in [6.45, 7) is 0. The van der Waals surface area contributed by atoms with Crippen LogP contribution in [0, 0.1) is 0 Å². The largest absolute Gasteiger partial charge is 0.425 e. The molecule has 0 aromatic heterocycles. The Morgan fingerprint density at radius 1 is 1.00 bits per heavy atom. The summed E-state index contributed by atoms with van der Waals surface area (Å²) in [5.41, 5.74) is 1.92. The highest BCUT2D eigenvalue weighted by atomic mass is 35.5. The van der Waals surface area contributed by atoms with Crippen molar-refractivity contribution in [3.8, 4) is 5.75 Å². The Balaban J connectivity index is 2.20. The second kappa shape index (κ2) is 6.76. The van der Waals surface area contributed by atoms with Crippen molar-refractivity contribution in [1.82, 2.24) is 0 Å². The number of halogens is 1. The van der Waals surface area contributed by atoms with E-state index < -0.39 is 5.97 Å². The number of benzene rings is 2. The van der Waals surface area contributed by atoms with Crippen molar-refractivity contribution in [2.45, 2.75) is 0 Å². The van der Waals surface area contributed by atoms with Gasteiger partial charge in [-0.1, -0.05) is 60.7 Å². The van der Waals surface area contributed by atoms with Gasteiger partial charge < -0.3 is 4.74 Å². The van der Waals surface area contributed by atoms with Crippen molar-refractivity contribution < 1.29 is 9.53 Å². The van der Waals surface area contributed by atoms with Gasteiger partial charge in [0.2, 0.25) is 0 Å². The molecule has 2 nitrogen and oxygen atoms in total. The first-order valence-electron chi connectivity index (χ1n) is 5.88. The number of carbonyl (C=O) groups excluding carboxylic acids is 1. The molecule has 3 heteroatoms. The number of hydrogen-bond donors (Lipinski definition) is 0. The molecule has 0 saturated carbocycles. The Kier molecular flexibility index (Phi) is 4.76. The van der Waals surface area contributed by atoms with Crippen LogP contribution in [-0.4, -0.2) is 11.8 Å². The molecule has 2 aromatic carbocycles. The number of carbonyl (C=O) groups is 1. The van der Waals surface area contributed by atoms with E-state index in [9.17, 15) is 4.79 Å². The van der Waals surface area contributed by atoms with E-state index in [0.717, 1.165) is 11.1 Å². The monoisotopic (exact) mass is 272 g/mol. The molecule has 0 saturated heterocycles. The number of hydrogen-bond acceptors (Lipinski definition) is 2. The Morgan fingerprint density at radius 3 is 2.42 bits per heavy atom. The zero-order valence-electron chi connectivity index (χ0n) is 10.3. The molecule has 96 valence electrons. The first kappa shape index (κ1) is 13.4. The molecule has 2 aromatic rings. The van der Waals surface area contributed by atoms with E-state index in [-0.39, 0.29) is 5.88 Å². The highest BCUT2D eigenvalue weighted by molar-refractivity contribution is 6.26. The van der Waals surface area contributed by atoms with Crippen molar-refractivity contribution in [3.05, 3.63) is 65.7 Å². The Labute approximate surface area is 117 Å². The minimum atomic E-state index is -0.456. The Hall–Kier alpha value is -2.06. The SMILES string of the molecule is O=C(CCl)Oc1ccccc1C=Cc1ccccc1. The molecule has 19 heavy (non-hydrogen) atoms. The minimum absolute atomic E-state index is 0.156. The van der Waals surface area contributed by atoms with Crippen LogP contribution in [0.15, 0.2) is 54.6 Å². The molecule has 0 aliphatic heterocycles. The fourth-order valence-electron chi connectivity index (χ4n) is 1.61. The van der Waals surface area contributed by atoms with E-state index in [1.54, 1.807) is 6.07 Å². The number of alkyl halides is 1. The fourth-order valence-corrected chi connectivity index (χ4v) is 1.67. The lowest BCUT2D eigenvalue weighted by molar-refractivity contribution is -0.131. The molecule has 0 bridgehead atoms. The van der Waals surface area contributed by atoms with E-state index in [0.29, 0.717) is 5.75 Å². The zero-order chi connectivity index (χ0) is 13.5.